The fourth-order valence-electron chi connectivity index (χ4n) is 2.16. The highest BCUT2D eigenvalue weighted by Gasteiger charge is 2.30. The first-order valence-electron chi connectivity index (χ1n) is 8.02. The highest BCUT2D eigenvalue weighted by Crippen LogP contribution is 2.31. The van der Waals surface area contributed by atoms with Crippen LogP contribution < -0.4 is 10.1 Å². The Balaban J connectivity index is 1.68. The van der Waals surface area contributed by atoms with E-state index in [1.807, 2.05) is 12.1 Å². The Kier molecular flexibility index (Phi) is 7.55. The summed E-state index contributed by atoms with van der Waals surface area (Å²) in [5.74, 6) is 0.864. The van der Waals surface area contributed by atoms with Gasteiger partial charge in [0.05, 0.1) is 17.2 Å². The average Bonchev–Trinajstić information content (AvgIpc) is 2.66. The molecular formula is C19H17F3N2O2S. The molecule has 0 atom stereocenters. The van der Waals surface area contributed by atoms with Gasteiger partial charge < -0.3 is 10.1 Å². The van der Waals surface area contributed by atoms with Gasteiger partial charge in [-0.2, -0.15) is 30.2 Å². The van der Waals surface area contributed by atoms with Crippen LogP contribution in [0.25, 0.3) is 0 Å². The van der Waals surface area contributed by atoms with Crippen LogP contribution in [0.4, 0.5) is 13.2 Å². The minimum atomic E-state index is -4.46. The molecule has 8 heteroatoms. The second-order valence-corrected chi connectivity index (χ2v) is 6.59. The molecule has 1 amide bonds. The van der Waals surface area contributed by atoms with Gasteiger partial charge in [0.15, 0.2) is 6.61 Å². The molecule has 0 aliphatic carbocycles. The number of halogens is 3. The summed E-state index contributed by atoms with van der Waals surface area (Å²) in [6.45, 7) is 0.0351. The van der Waals surface area contributed by atoms with Crippen molar-refractivity contribution < 1.29 is 22.7 Å². The summed E-state index contributed by atoms with van der Waals surface area (Å²) < 4.78 is 43.0. The first-order chi connectivity index (χ1) is 12.9. The molecule has 2 aromatic rings. The van der Waals surface area contributed by atoms with Crippen molar-refractivity contribution in [1.82, 2.24) is 5.32 Å². The number of nitrogens with zero attached hydrogens (tertiary/aromatic N) is 1. The largest absolute Gasteiger partial charge is 0.484 e. The number of hydrogen-bond donors (Lipinski definition) is 1. The summed E-state index contributed by atoms with van der Waals surface area (Å²) in [6.07, 6.45) is -4.46. The van der Waals surface area contributed by atoms with E-state index in [1.54, 1.807) is 23.9 Å². The summed E-state index contributed by atoms with van der Waals surface area (Å²) >= 11 is 1.57. The van der Waals surface area contributed by atoms with E-state index in [1.165, 1.54) is 12.1 Å². The van der Waals surface area contributed by atoms with Gasteiger partial charge in [-0.1, -0.05) is 24.3 Å². The van der Waals surface area contributed by atoms with Gasteiger partial charge in [0, 0.05) is 18.1 Å². The molecule has 0 spiro atoms. The van der Waals surface area contributed by atoms with Gasteiger partial charge in [-0.3, -0.25) is 4.79 Å². The van der Waals surface area contributed by atoms with Crippen LogP contribution in [0.3, 0.4) is 0 Å². The van der Waals surface area contributed by atoms with Crippen molar-refractivity contribution in [3.63, 3.8) is 0 Å². The van der Waals surface area contributed by atoms with E-state index in [0.717, 1.165) is 17.7 Å². The number of amides is 1. The molecule has 0 aromatic heterocycles. The molecule has 0 aliphatic heterocycles. The fourth-order valence-corrected chi connectivity index (χ4v) is 3.02. The summed E-state index contributed by atoms with van der Waals surface area (Å²) in [5, 5.41) is 11.7. The fraction of sp³-hybridized carbons (Fsp3) is 0.263. The Morgan fingerprint density at radius 2 is 1.96 bits per heavy atom. The molecule has 27 heavy (non-hydrogen) atoms. The number of rotatable bonds is 8. The van der Waals surface area contributed by atoms with Crippen molar-refractivity contribution in [3.8, 4) is 11.8 Å². The number of nitrogens with one attached hydrogen (secondary N) is 1. The van der Waals surface area contributed by atoms with Crippen molar-refractivity contribution in [2.45, 2.75) is 11.9 Å². The lowest BCUT2D eigenvalue weighted by atomic mass is 10.1. The maximum absolute atomic E-state index is 12.6. The quantitative estimate of drug-likeness (QED) is 0.688. The van der Waals surface area contributed by atoms with Gasteiger partial charge in [-0.25, -0.2) is 0 Å². The lowest BCUT2D eigenvalue weighted by Gasteiger charge is -2.10. The topological polar surface area (TPSA) is 62.1 Å². The van der Waals surface area contributed by atoms with E-state index in [-0.39, 0.29) is 12.4 Å². The van der Waals surface area contributed by atoms with Gasteiger partial charge in [-0.15, -0.1) is 0 Å². The van der Waals surface area contributed by atoms with Crippen molar-refractivity contribution in [3.05, 3.63) is 65.2 Å². The number of thioether (sulfide) groups is 1. The average molecular weight is 394 g/mol. The van der Waals surface area contributed by atoms with Crippen LogP contribution in [-0.4, -0.2) is 24.8 Å². The molecule has 0 bridgehead atoms. The number of carbonyl (C=O) groups is 1. The van der Waals surface area contributed by atoms with Gasteiger partial charge >= 0.3 is 6.18 Å². The molecule has 0 unspecified atom stereocenters. The highest BCUT2D eigenvalue weighted by molar-refractivity contribution is 7.98. The molecule has 0 fully saturated rings. The number of hydrogen-bond acceptors (Lipinski definition) is 4. The monoisotopic (exact) mass is 394 g/mol. The summed E-state index contributed by atoms with van der Waals surface area (Å²) in [7, 11) is 0. The van der Waals surface area contributed by atoms with Crippen LogP contribution >= 0.6 is 11.8 Å². The van der Waals surface area contributed by atoms with Crippen LogP contribution in [0.1, 0.15) is 16.7 Å². The number of alkyl halides is 3. The van der Waals surface area contributed by atoms with Crippen molar-refractivity contribution in [2.75, 3.05) is 18.9 Å². The Bertz CT molecular complexity index is 819. The summed E-state index contributed by atoms with van der Waals surface area (Å²) in [4.78, 5) is 11.7. The van der Waals surface area contributed by atoms with E-state index in [9.17, 15) is 18.0 Å². The molecule has 0 saturated heterocycles. The Morgan fingerprint density at radius 3 is 2.70 bits per heavy atom. The third-order valence-corrected chi connectivity index (χ3v) is 4.50. The van der Waals surface area contributed by atoms with Crippen LogP contribution in [0.5, 0.6) is 5.75 Å². The normalized spacial score (nSPS) is 10.9. The second-order valence-electron chi connectivity index (χ2n) is 5.49. The lowest BCUT2D eigenvalue weighted by Crippen LogP contribution is -2.30. The molecule has 142 valence electrons. The van der Waals surface area contributed by atoms with Crippen molar-refractivity contribution in [2.24, 2.45) is 0 Å². The van der Waals surface area contributed by atoms with E-state index in [4.69, 9.17) is 10.00 Å². The van der Waals surface area contributed by atoms with Crippen LogP contribution in [-0.2, 0) is 16.7 Å². The summed E-state index contributed by atoms with van der Waals surface area (Å²) in [6, 6.07) is 13.8. The zero-order valence-electron chi connectivity index (χ0n) is 14.3. The standard InChI is InChI=1S/C19H17F3N2O2S/c20-19(21,22)16-6-3-7-17(10-16)26-12-18(25)24-8-9-27-13-15-5-2-1-4-14(15)11-23/h1-7,10H,8-9,12-13H2,(H,24,25). The minimum absolute atomic E-state index is 0.0116. The third-order valence-electron chi connectivity index (χ3n) is 3.50. The molecule has 0 saturated carbocycles. The van der Waals surface area contributed by atoms with E-state index in [0.29, 0.717) is 23.6 Å². The van der Waals surface area contributed by atoms with Crippen molar-refractivity contribution in [1.29, 1.82) is 5.26 Å². The smallest absolute Gasteiger partial charge is 0.416 e. The van der Waals surface area contributed by atoms with Crippen molar-refractivity contribution >= 4 is 17.7 Å². The first kappa shape index (κ1) is 20.6. The molecule has 2 aromatic carbocycles. The zero-order chi connectivity index (χ0) is 19.7. The second kappa shape index (κ2) is 9.88. The highest BCUT2D eigenvalue weighted by atomic mass is 32.2. The Morgan fingerprint density at radius 1 is 1.19 bits per heavy atom. The molecule has 4 nitrogen and oxygen atoms in total. The predicted molar refractivity (Wildman–Crippen MR) is 97.3 cm³/mol. The minimum Gasteiger partial charge on any atom is -0.484 e. The predicted octanol–water partition coefficient (Wildman–Crippen LogP) is 4.01. The Labute approximate surface area is 159 Å². The number of carbonyl (C=O) groups excluding carboxylic acids is 1. The van der Waals surface area contributed by atoms with E-state index >= 15 is 0 Å². The number of ether oxygens (including phenoxy) is 1. The maximum Gasteiger partial charge on any atom is 0.416 e. The zero-order valence-corrected chi connectivity index (χ0v) is 15.1. The van der Waals surface area contributed by atoms with Crippen LogP contribution in [0.15, 0.2) is 48.5 Å². The third kappa shape index (κ3) is 6.87. The molecule has 2 rings (SSSR count). The molecule has 0 heterocycles. The molecule has 0 aliphatic rings. The van der Waals surface area contributed by atoms with E-state index in [2.05, 4.69) is 11.4 Å². The number of nitriles is 1. The molecular weight excluding hydrogens is 377 g/mol. The maximum atomic E-state index is 12.6. The Hall–Kier alpha value is -2.66. The van der Waals surface area contributed by atoms with Gasteiger partial charge in [-0.05, 0) is 29.8 Å². The SMILES string of the molecule is N#Cc1ccccc1CSCCNC(=O)COc1cccc(C(F)(F)F)c1. The summed E-state index contributed by atoms with van der Waals surface area (Å²) in [5.41, 5.74) is 0.738. The van der Waals surface area contributed by atoms with Crippen LogP contribution in [0, 0.1) is 11.3 Å². The van der Waals surface area contributed by atoms with Gasteiger partial charge in [0.1, 0.15) is 5.75 Å². The van der Waals surface area contributed by atoms with E-state index < -0.39 is 17.6 Å². The lowest BCUT2D eigenvalue weighted by molar-refractivity contribution is -0.137. The van der Waals surface area contributed by atoms with Gasteiger partial charge in [0.2, 0.25) is 0 Å². The van der Waals surface area contributed by atoms with Crippen LogP contribution in [0.2, 0.25) is 0 Å². The molecule has 1 N–H and O–H groups in total. The number of benzene rings is 2. The first-order valence-corrected chi connectivity index (χ1v) is 9.18. The molecule has 0 radical (unpaired) electrons. The van der Waals surface area contributed by atoms with Gasteiger partial charge in [0.25, 0.3) is 5.91 Å².